The second kappa shape index (κ2) is 7.03. The van der Waals surface area contributed by atoms with Gasteiger partial charge in [-0.2, -0.15) is 0 Å². The van der Waals surface area contributed by atoms with Crippen LogP contribution in [0.2, 0.25) is 5.02 Å². The SMILES string of the molecule is COc1cc(Br)c(Oc2ccc(CCl)cc2Cl)cc1Br. The van der Waals surface area contributed by atoms with Crippen molar-refractivity contribution in [3.63, 3.8) is 0 Å². The van der Waals surface area contributed by atoms with Crippen LogP contribution in [0.15, 0.2) is 39.3 Å². The molecule has 0 amide bonds. The van der Waals surface area contributed by atoms with E-state index in [-0.39, 0.29) is 0 Å². The molecular weight excluding hydrogens is 431 g/mol. The third kappa shape index (κ3) is 3.61. The Morgan fingerprint density at radius 2 is 1.65 bits per heavy atom. The van der Waals surface area contributed by atoms with Gasteiger partial charge in [-0.05, 0) is 61.7 Å². The molecule has 2 aromatic rings. The second-order valence-electron chi connectivity index (χ2n) is 3.92. The van der Waals surface area contributed by atoms with Crippen molar-refractivity contribution < 1.29 is 9.47 Å². The maximum absolute atomic E-state index is 6.17. The summed E-state index contributed by atoms with van der Waals surface area (Å²) in [6, 6.07) is 9.09. The molecule has 0 saturated carbocycles. The summed E-state index contributed by atoms with van der Waals surface area (Å²) < 4.78 is 12.6. The number of ether oxygens (including phenoxy) is 2. The van der Waals surface area contributed by atoms with Gasteiger partial charge in [-0.3, -0.25) is 0 Å². The third-order valence-electron chi connectivity index (χ3n) is 2.58. The summed E-state index contributed by atoms with van der Waals surface area (Å²) in [5.41, 5.74) is 0.944. The van der Waals surface area contributed by atoms with Crippen molar-refractivity contribution in [1.29, 1.82) is 0 Å². The number of alkyl halides is 1. The molecule has 0 fully saturated rings. The van der Waals surface area contributed by atoms with Gasteiger partial charge in [0.2, 0.25) is 0 Å². The first-order valence-corrected chi connectivity index (χ1v) is 8.10. The topological polar surface area (TPSA) is 18.5 Å². The van der Waals surface area contributed by atoms with Gasteiger partial charge in [0.25, 0.3) is 0 Å². The van der Waals surface area contributed by atoms with E-state index in [0.717, 1.165) is 14.5 Å². The number of benzene rings is 2. The van der Waals surface area contributed by atoms with Gasteiger partial charge >= 0.3 is 0 Å². The van der Waals surface area contributed by atoms with Gasteiger partial charge in [0, 0.05) is 5.88 Å². The lowest BCUT2D eigenvalue weighted by molar-refractivity contribution is 0.409. The largest absolute Gasteiger partial charge is 0.496 e. The Kier molecular flexibility index (Phi) is 5.61. The van der Waals surface area contributed by atoms with E-state index >= 15 is 0 Å². The zero-order chi connectivity index (χ0) is 14.7. The van der Waals surface area contributed by atoms with Crippen molar-refractivity contribution >= 4 is 55.1 Å². The first-order chi connectivity index (χ1) is 9.55. The van der Waals surface area contributed by atoms with Crippen molar-refractivity contribution in [1.82, 2.24) is 0 Å². The predicted molar refractivity (Wildman–Crippen MR) is 89.5 cm³/mol. The molecule has 0 spiro atoms. The van der Waals surface area contributed by atoms with E-state index in [2.05, 4.69) is 31.9 Å². The minimum atomic E-state index is 0.414. The van der Waals surface area contributed by atoms with E-state index in [1.165, 1.54) is 0 Å². The Morgan fingerprint density at radius 3 is 2.25 bits per heavy atom. The van der Waals surface area contributed by atoms with Crippen LogP contribution in [-0.4, -0.2) is 7.11 Å². The van der Waals surface area contributed by atoms with Crippen LogP contribution in [0, 0.1) is 0 Å². The molecule has 0 radical (unpaired) electrons. The first kappa shape index (κ1) is 16.0. The molecular formula is C14H10Br2Cl2O2. The number of hydrogen-bond donors (Lipinski definition) is 0. The van der Waals surface area contributed by atoms with Gasteiger partial charge in [0.1, 0.15) is 17.2 Å². The minimum Gasteiger partial charge on any atom is -0.496 e. The van der Waals surface area contributed by atoms with Gasteiger partial charge in [-0.1, -0.05) is 17.7 Å². The lowest BCUT2D eigenvalue weighted by Crippen LogP contribution is -1.90. The molecule has 20 heavy (non-hydrogen) atoms. The Morgan fingerprint density at radius 1 is 1.00 bits per heavy atom. The van der Waals surface area contributed by atoms with Gasteiger partial charge < -0.3 is 9.47 Å². The molecule has 2 nitrogen and oxygen atoms in total. The summed E-state index contributed by atoms with van der Waals surface area (Å²) in [6.07, 6.45) is 0. The average molecular weight is 441 g/mol. The fourth-order valence-corrected chi connectivity index (χ4v) is 2.87. The molecule has 0 heterocycles. The minimum absolute atomic E-state index is 0.414. The lowest BCUT2D eigenvalue weighted by Gasteiger charge is -2.12. The van der Waals surface area contributed by atoms with Crippen LogP contribution in [0.4, 0.5) is 0 Å². The van der Waals surface area contributed by atoms with Crippen LogP contribution in [0.1, 0.15) is 5.56 Å². The van der Waals surface area contributed by atoms with Gasteiger partial charge in [0.15, 0.2) is 0 Å². The Hall–Kier alpha value is -0.420. The zero-order valence-electron chi connectivity index (χ0n) is 10.4. The fraction of sp³-hybridized carbons (Fsp3) is 0.143. The van der Waals surface area contributed by atoms with Crippen molar-refractivity contribution in [2.45, 2.75) is 5.88 Å². The van der Waals surface area contributed by atoms with E-state index in [1.807, 2.05) is 18.2 Å². The first-order valence-electron chi connectivity index (χ1n) is 5.60. The molecule has 0 bridgehead atoms. The summed E-state index contributed by atoms with van der Waals surface area (Å²) >= 11 is 18.8. The molecule has 2 aromatic carbocycles. The third-order valence-corrected chi connectivity index (χ3v) is 4.42. The quantitative estimate of drug-likeness (QED) is 0.512. The highest BCUT2D eigenvalue weighted by Crippen LogP contribution is 2.39. The molecule has 0 N–H and O–H groups in total. The van der Waals surface area contributed by atoms with E-state index < -0.39 is 0 Å². The maximum atomic E-state index is 6.17. The van der Waals surface area contributed by atoms with E-state index in [1.54, 1.807) is 19.2 Å². The molecule has 0 aliphatic rings. The maximum Gasteiger partial charge on any atom is 0.146 e. The molecule has 106 valence electrons. The normalized spacial score (nSPS) is 10.4. The average Bonchev–Trinajstić information content (AvgIpc) is 2.44. The fourth-order valence-electron chi connectivity index (χ4n) is 1.57. The van der Waals surface area contributed by atoms with Crippen LogP contribution >= 0.6 is 55.1 Å². The van der Waals surface area contributed by atoms with Gasteiger partial charge in [0.05, 0.1) is 21.1 Å². The predicted octanol–water partition coefficient (Wildman–Crippen LogP) is 6.40. The van der Waals surface area contributed by atoms with Crippen molar-refractivity contribution in [2.24, 2.45) is 0 Å². The van der Waals surface area contributed by atoms with Crippen LogP contribution in [0.5, 0.6) is 17.2 Å². The summed E-state index contributed by atoms with van der Waals surface area (Å²) in [5, 5.41) is 0.516. The number of methoxy groups -OCH3 is 1. The lowest BCUT2D eigenvalue weighted by atomic mass is 10.2. The van der Waals surface area contributed by atoms with Crippen molar-refractivity contribution in [2.75, 3.05) is 7.11 Å². The molecule has 0 aliphatic heterocycles. The molecule has 0 aliphatic carbocycles. The monoisotopic (exact) mass is 438 g/mol. The number of hydrogen-bond acceptors (Lipinski definition) is 2. The molecule has 0 atom stereocenters. The summed E-state index contributed by atoms with van der Waals surface area (Å²) in [4.78, 5) is 0. The molecule has 6 heteroatoms. The highest BCUT2D eigenvalue weighted by Gasteiger charge is 2.11. The summed E-state index contributed by atoms with van der Waals surface area (Å²) in [5.74, 6) is 2.34. The van der Waals surface area contributed by atoms with E-state index in [0.29, 0.717) is 28.2 Å². The zero-order valence-corrected chi connectivity index (χ0v) is 15.1. The Labute approximate surface area is 144 Å². The molecule has 2 rings (SSSR count). The molecule has 0 unspecified atom stereocenters. The van der Waals surface area contributed by atoms with Crippen LogP contribution in [0.25, 0.3) is 0 Å². The standard InChI is InChI=1S/C14H10Br2Cl2O2/c1-19-13-5-10(16)14(6-9(13)15)20-12-3-2-8(7-17)4-11(12)18/h2-6H,7H2,1H3. The van der Waals surface area contributed by atoms with Crippen LogP contribution in [-0.2, 0) is 5.88 Å². The van der Waals surface area contributed by atoms with E-state index in [9.17, 15) is 0 Å². The summed E-state index contributed by atoms with van der Waals surface area (Å²) in [6.45, 7) is 0. The highest BCUT2D eigenvalue weighted by molar-refractivity contribution is 9.11. The van der Waals surface area contributed by atoms with E-state index in [4.69, 9.17) is 32.7 Å². The molecule has 0 saturated heterocycles. The smallest absolute Gasteiger partial charge is 0.146 e. The number of halogens is 4. The Bertz CT molecular complexity index is 633. The van der Waals surface area contributed by atoms with Crippen LogP contribution in [0.3, 0.4) is 0 Å². The Balaban J connectivity index is 2.32. The van der Waals surface area contributed by atoms with Crippen molar-refractivity contribution in [3.05, 3.63) is 49.9 Å². The van der Waals surface area contributed by atoms with Crippen LogP contribution < -0.4 is 9.47 Å². The summed E-state index contributed by atoms with van der Waals surface area (Å²) in [7, 11) is 1.61. The van der Waals surface area contributed by atoms with Gasteiger partial charge in [-0.15, -0.1) is 11.6 Å². The van der Waals surface area contributed by atoms with Crippen molar-refractivity contribution in [3.8, 4) is 17.2 Å². The molecule has 0 aromatic heterocycles. The number of rotatable bonds is 4. The second-order valence-corrected chi connectivity index (χ2v) is 6.30. The highest BCUT2D eigenvalue weighted by atomic mass is 79.9. The van der Waals surface area contributed by atoms with Gasteiger partial charge in [-0.25, -0.2) is 0 Å².